The number of aromatic amines is 1. The number of thiophene rings is 1. The first-order valence-electron chi connectivity index (χ1n) is 6.81. The first kappa shape index (κ1) is 16.9. The number of rotatable bonds is 5. The molecule has 0 unspecified atom stereocenters. The summed E-state index contributed by atoms with van der Waals surface area (Å²) in [6.45, 7) is 0. The molecule has 0 saturated carbocycles. The van der Waals surface area contributed by atoms with Crippen molar-refractivity contribution >= 4 is 45.7 Å². The van der Waals surface area contributed by atoms with Gasteiger partial charge in [0.2, 0.25) is 4.77 Å². The summed E-state index contributed by atoms with van der Waals surface area (Å²) >= 11 is 10.3. The summed E-state index contributed by atoms with van der Waals surface area (Å²) in [5, 5.41) is 13.4. The van der Waals surface area contributed by atoms with E-state index in [1.54, 1.807) is 36.4 Å². The van der Waals surface area contributed by atoms with Crippen LogP contribution < -0.4 is 9.47 Å². The van der Waals surface area contributed by atoms with E-state index < -0.39 is 0 Å². The number of nitrogens with zero attached hydrogens (tertiary/aromatic N) is 3. The molecule has 1 N–H and O–H groups in total. The Labute approximate surface area is 155 Å². The van der Waals surface area contributed by atoms with E-state index in [-0.39, 0.29) is 0 Å². The Morgan fingerprint density at radius 1 is 1.38 bits per heavy atom. The number of H-pyrrole nitrogens is 1. The fourth-order valence-corrected chi connectivity index (χ4v) is 3.60. The number of benzene rings is 1. The standard InChI is InChI=1S/C15H13BrN4O2S2/c1-21-11-7-9(6-10(16)13(11)22-2)8-17-20-14(18-19-15(20)23)12-4-3-5-24-12/h3-8H,1-2H3,(H,19,23)/b17-8-. The van der Waals surface area contributed by atoms with Crippen molar-refractivity contribution in [2.24, 2.45) is 5.10 Å². The highest BCUT2D eigenvalue weighted by molar-refractivity contribution is 9.10. The zero-order valence-electron chi connectivity index (χ0n) is 12.8. The van der Waals surface area contributed by atoms with Crippen LogP contribution in [-0.4, -0.2) is 35.3 Å². The second kappa shape index (κ2) is 7.29. The molecule has 6 nitrogen and oxygen atoms in total. The SMILES string of the molecule is COc1cc(/C=N\n2c(-c3cccs3)n[nH]c2=S)cc(Br)c1OC. The van der Waals surface area contributed by atoms with Crippen molar-refractivity contribution in [2.45, 2.75) is 0 Å². The lowest BCUT2D eigenvalue weighted by molar-refractivity contribution is 0.353. The molecule has 1 aromatic carbocycles. The van der Waals surface area contributed by atoms with E-state index in [9.17, 15) is 0 Å². The van der Waals surface area contributed by atoms with Crippen LogP contribution >= 0.6 is 39.5 Å². The Morgan fingerprint density at radius 3 is 2.88 bits per heavy atom. The molecule has 124 valence electrons. The molecule has 3 rings (SSSR count). The molecule has 2 heterocycles. The molecular formula is C15H13BrN4O2S2. The molecule has 0 spiro atoms. The van der Waals surface area contributed by atoms with E-state index in [1.165, 1.54) is 0 Å². The van der Waals surface area contributed by atoms with Gasteiger partial charge in [-0.2, -0.15) is 14.9 Å². The Morgan fingerprint density at radius 2 is 2.21 bits per heavy atom. The topological polar surface area (TPSA) is 64.4 Å². The van der Waals surface area contributed by atoms with Crippen LogP contribution in [0.1, 0.15) is 5.56 Å². The van der Waals surface area contributed by atoms with E-state index in [4.69, 9.17) is 21.7 Å². The number of aromatic nitrogens is 3. The molecular weight excluding hydrogens is 412 g/mol. The fourth-order valence-electron chi connectivity index (χ4n) is 2.10. The molecule has 0 bridgehead atoms. The third-order valence-corrected chi connectivity index (χ3v) is 4.89. The number of nitrogens with one attached hydrogen (secondary N) is 1. The maximum Gasteiger partial charge on any atom is 0.216 e. The summed E-state index contributed by atoms with van der Waals surface area (Å²) in [6, 6.07) is 7.65. The number of halogens is 1. The van der Waals surface area contributed by atoms with Crippen LogP contribution in [0.25, 0.3) is 10.7 Å². The van der Waals surface area contributed by atoms with Crippen molar-refractivity contribution in [2.75, 3.05) is 14.2 Å². The van der Waals surface area contributed by atoms with Crippen molar-refractivity contribution < 1.29 is 9.47 Å². The van der Waals surface area contributed by atoms with Gasteiger partial charge in [0.25, 0.3) is 0 Å². The zero-order chi connectivity index (χ0) is 17.1. The van der Waals surface area contributed by atoms with E-state index in [1.807, 2.05) is 29.6 Å². The van der Waals surface area contributed by atoms with Gasteiger partial charge in [0.15, 0.2) is 17.3 Å². The third-order valence-electron chi connectivity index (χ3n) is 3.17. The van der Waals surface area contributed by atoms with Gasteiger partial charge >= 0.3 is 0 Å². The molecule has 0 fully saturated rings. The third kappa shape index (κ3) is 3.28. The number of hydrogen-bond donors (Lipinski definition) is 1. The normalized spacial score (nSPS) is 11.1. The zero-order valence-corrected chi connectivity index (χ0v) is 16.0. The number of methoxy groups -OCH3 is 2. The minimum Gasteiger partial charge on any atom is -0.493 e. The second-order valence-electron chi connectivity index (χ2n) is 4.62. The number of ether oxygens (including phenoxy) is 2. The van der Waals surface area contributed by atoms with E-state index in [2.05, 4.69) is 31.2 Å². The molecule has 9 heteroatoms. The van der Waals surface area contributed by atoms with Gasteiger partial charge in [-0.3, -0.25) is 0 Å². The van der Waals surface area contributed by atoms with Gasteiger partial charge in [-0.25, -0.2) is 5.10 Å². The van der Waals surface area contributed by atoms with Crippen LogP contribution in [0.3, 0.4) is 0 Å². The molecule has 24 heavy (non-hydrogen) atoms. The highest BCUT2D eigenvalue weighted by Crippen LogP contribution is 2.35. The lowest BCUT2D eigenvalue weighted by Gasteiger charge is -2.10. The summed E-state index contributed by atoms with van der Waals surface area (Å²) in [4.78, 5) is 0.980. The van der Waals surface area contributed by atoms with Crippen LogP contribution in [0.15, 0.2) is 39.2 Å². The maximum atomic E-state index is 5.34. The molecule has 0 amide bonds. The molecule has 0 atom stereocenters. The quantitative estimate of drug-likeness (QED) is 0.488. The van der Waals surface area contributed by atoms with Crippen molar-refractivity contribution in [3.05, 3.63) is 44.5 Å². The first-order valence-corrected chi connectivity index (χ1v) is 8.89. The van der Waals surface area contributed by atoms with E-state index in [0.29, 0.717) is 22.1 Å². The average Bonchev–Trinajstić information content (AvgIpc) is 3.22. The van der Waals surface area contributed by atoms with Gasteiger partial charge < -0.3 is 9.47 Å². The van der Waals surface area contributed by atoms with Gasteiger partial charge in [-0.1, -0.05) is 6.07 Å². The van der Waals surface area contributed by atoms with Crippen LogP contribution in [0.5, 0.6) is 11.5 Å². The van der Waals surface area contributed by atoms with Crippen molar-refractivity contribution in [1.82, 2.24) is 14.9 Å². The van der Waals surface area contributed by atoms with Gasteiger partial charge in [0.05, 0.1) is 29.8 Å². The minimum atomic E-state index is 0.425. The van der Waals surface area contributed by atoms with Crippen molar-refractivity contribution in [3.8, 4) is 22.2 Å². The van der Waals surface area contributed by atoms with Gasteiger partial charge in [0, 0.05) is 0 Å². The Kier molecular flexibility index (Phi) is 5.12. The largest absolute Gasteiger partial charge is 0.493 e. The summed E-state index contributed by atoms with van der Waals surface area (Å²) < 4.78 is 13.4. The van der Waals surface area contributed by atoms with Crippen LogP contribution in [-0.2, 0) is 0 Å². The van der Waals surface area contributed by atoms with Gasteiger partial charge in [0.1, 0.15) is 0 Å². The van der Waals surface area contributed by atoms with Crippen LogP contribution in [0.4, 0.5) is 0 Å². The Balaban J connectivity index is 2.00. The minimum absolute atomic E-state index is 0.425. The lowest BCUT2D eigenvalue weighted by Crippen LogP contribution is -1.96. The molecule has 0 aliphatic carbocycles. The molecule has 0 radical (unpaired) electrons. The fraction of sp³-hybridized carbons (Fsp3) is 0.133. The van der Waals surface area contributed by atoms with Gasteiger partial charge in [-0.05, 0) is 57.3 Å². The Bertz CT molecular complexity index is 932. The van der Waals surface area contributed by atoms with Gasteiger partial charge in [-0.15, -0.1) is 11.3 Å². The summed E-state index contributed by atoms with van der Waals surface area (Å²) in [7, 11) is 3.18. The summed E-state index contributed by atoms with van der Waals surface area (Å²) in [5.41, 5.74) is 0.833. The van der Waals surface area contributed by atoms with E-state index in [0.717, 1.165) is 14.9 Å². The Hall–Kier alpha value is -1.97. The van der Waals surface area contributed by atoms with Crippen molar-refractivity contribution in [3.63, 3.8) is 0 Å². The van der Waals surface area contributed by atoms with E-state index >= 15 is 0 Å². The molecule has 0 aliphatic rings. The molecule has 0 saturated heterocycles. The molecule has 2 aromatic heterocycles. The average molecular weight is 425 g/mol. The smallest absolute Gasteiger partial charge is 0.216 e. The van der Waals surface area contributed by atoms with Crippen LogP contribution in [0, 0.1) is 4.77 Å². The second-order valence-corrected chi connectivity index (χ2v) is 6.81. The predicted molar refractivity (Wildman–Crippen MR) is 101 cm³/mol. The van der Waals surface area contributed by atoms with Crippen LogP contribution in [0.2, 0.25) is 0 Å². The lowest BCUT2D eigenvalue weighted by atomic mass is 10.2. The summed E-state index contributed by atoms with van der Waals surface area (Å²) in [5.74, 6) is 1.92. The predicted octanol–water partition coefficient (Wildman–Crippen LogP) is 4.33. The maximum absolute atomic E-state index is 5.34. The first-order chi connectivity index (χ1) is 11.6. The highest BCUT2D eigenvalue weighted by Gasteiger charge is 2.11. The monoisotopic (exact) mass is 424 g/mol. The van der Waals surface area contributed by atoms with Crippen molar-refractivity contribution in [1.29, 1.82) is 0 Å². The summed E-state index contributed by atoms with van der Waals surface area (Å²) in [6.07, 6.45) is 1.69. The molecule has 3 aromatic rings. The molecule has 0 aliphatic heterocycles. The highest BCUT2D eigenvalue weighted by atomic mass is 79.9. The number of hydrogen-bond acceptors (Lipinski definition) is 6.